The molecule has 0 radical (unpaired) electrons. The first-order chi connectivity index (χ1) is 1.91. The van der Waals surface area contributed by atoms with Crippen molar-refractivity contribution in [3.05, 3.63) is 0 Å². The molecule has 4 heavy (non-hydrogen) atoms. The van der Waals surface area contributed by atoms with Gasteiger partial charge in [0.1, 0.15) is 0 Å². The number of hydrogen-bond acceptors (Lipinski definition) is 1. The third kappa shape index (κ3) is 2.50. The van der Waals surface area contributed by atoms with Crippen LogP contribution in [0.5, 0.6) is 0 Å². The minimum atomic E-state index is -0.389. The van der Waals surface area contributed by atoms with Crippen molar-refractivity contribution in [2.75, 3.05) is 0 Å². The maximum atomic E-state index is 5.22. The van der Waals surface area contributed by atoms with Crippen LogP contribution in [0.3, 0.4) is 0 Å². The fraction of sp³-hybridized carbons (Fsp3) is 1.00. The number of nitrogens with two attached hydrogens (primary N) is 1. The van der Waals surface area contributed by atoms with Crippen LogP contribution in [0.25, 0.3) is 0 Å². The van der Waals surface area contributed by atoms with Crippen LogP contribution in [0.1, 0.15) is 6.92 Å². The van der Waals surface area contributed by atoms with Crippen LogP contribution < -0.4 is 4.69 Å². The predicted octanol–water partition coefficient (Wildman–Crippen LogP) is -0.533. The molecule has 0 aliphatic carbocycles. The van der Waals surface area contributed by atoms with Crippen molar-refractivity contribution in [2.24, 2.45) is 4.69 Å². The fourth-order valence-electron chi connectivity index (χ4n) is 0. The SMILES string of the molecule is C[CH2][GeH2][NH2]. The van der Waals surface area contributed by atoms with Crippen LogP contribution in [0, 0.1) is 0 Å². The van der Waals surface area contributed by atoms with E-state index in [-0.39, 0.29) is 15.7 Å². The molecule has 0 saturated carbocycles. The van der Waals surface area contributed by atoms with Gasteiger partial charge in [0.25, 0.3) is 0 Å². The molecular formula is C2H9GeN. The summed E-state index contributed by atoms with van der Waals surface area (Å²) in [5.74, 6) is 0. The molecule has 0 atom stereocenters. The van der Waals surface area contributed by atoms with Gasteiger partial charge in [-0.1, -0.05) is 0 Å². The van der Waals surface area contributed by atoms with E-state index in [2.05, 4.69) is 6.92 Å². The third-order valence-electron chi connectivity index (χ3n) is 0.289. The zero-order valence-electron chi connectivity index (χ0n) is 2.99. The van der Waals surface area contributed by atoms with E-state index in [0.29, 0.717) is 0 Å². The Balaban J connectivity index is 1.97. The Hall–Kier alpha value is 0.503. The summed E-state index contributed by atoms with van der Waals surface area (Å²) in [7, 11) is 0. The normalized spacial score (nSPS) is 10.5. The summed E-state index contributed by atoms with van der Waals surface area (Å²) in [5.41, 5.74) is 0. The van der Waals surface area contributed by atoms with Crippen molar-refractivity contribution in [1.82, 2.24) is 0 Å². The third-order valence-corrected chi connectivity index (χ3v) is 1.50. The van der Waals surface area contributed by atoms with E-state index in [1.54, 1.807) is 0 Å². The van der Waals surface area contributed by atoms with E-state index in [1.165, 1.54) is 5.25 Å². The first kappa shape index (κ1) is 4.50. The molecule has 0 saturated heterocycles. The van der Waals surface area contributed by atoms with Gasteiger partial charge in [-0.05, 0) is 0 Å². The summed E-state index contributed by atoms with van der Waals surface area (Å²) in [6.45, 7) is 2.14. The van der Waals surface area contributed by atoms with E-state index in [1.807, 2.05) is 0 Å². The van der Waals surface area contributed by atoms with Gasteiger partial charge in [-0.25, -0.2) is 0 Å². The van der Waals surface area contributed by atoms with Gasteiger partial charge in [0, 0.05) is 0 Å². The van der Waals surface area contributed by atoms with Crippen LogP contribution >= 0.6 is 0 Å². The first-order valence-electron chi connectivity index (χ1n) is 1.62. The van der Waals surface area contributed by atoms with Gasteiger partial charge in [0.05, 0.1) is 0 Å². The number of hydrogen-bond donors (Lipinski definition) is 1. The summed E-state index contributed by atoms with van der Waals surface area (Å²) < 4.78 is 5.22. The summed E-state index contributed by atoms with van der Waals surface area (Å²) in [5, 5.41) is 1.28. The van der Waals surface area contributed by atoms with Crippen LogP contribution in [0.15, 0.2) is 0 Å². The van der Waals surface area contributed by atoms with E-state index < -0.39 is 0 Å². The minimum absolute atomic E-state index is 0.389. The second-order valence-corrected chi connectivity index (χ2v) is 4.10. The van der Waals surface area contributed by atoms with E-state index in [0.717, 1.165) is 0 Å². The molecule has 0 spiro atoms. The fourth-order valence-corrected chi connectivity index (χ4v) is 0. The molecule has 0 aliphatic rings. The maximum absolute atomic E-state index is 5.22. The zero-order valence-corrected chi connectivity index (χ0v) is 5.96. The second kappa shape index (κ2) is 3.50. The number of rotatable bonds is 1. The molecule has 0 aliphatic heterocycles. The van der Waals surface area contributed by atoms with Crippen LogP contribution in [0.2, 0.25) is 5.25 Å². The van der Waals surface area contributed by atoms with Gasteiger partial charge < -0.3 is 0 Å². The van der Waals surface area contributed by atoms with Crippen molar-refractivity contribution in [3.8, 4) is 0 Å². The summed E-state index contributed by atoms with van der Waals surface area (Å²) in [4.78, 5) is 0. The Labute approximate surface area is 33.3 Å². The average molecular weight is 120 g/mol. The summed E-state index contributed by atoms with van der Waals surface area (Å²) in [6.07, 6.45) is 0. The van der Waals surface area contributed by atoms with Crippen LogP contribution in [-0.2, 0) is 0 Å². The zero-order chi connectivity index (χ0) is 3.41. The van der Waals surface area contributed by atoms with Crippen LogP contribution in [0.4, 0.5) is 0 Å². The van der Waals surface area contributed by atoms with Gasteiger partial charge >= 0.3 is 32.5 Å². The van der Waals surface area contributed by atoms with Gasteiger partial charge in [0.2, 0.25) is 0 Å². The molecule has 2 heteroatoms. The molecular weight excluding hydrogens is 111 g/mol. The predicted molar refractivity (Wildman–Crippen MR) is 23.2 cm³/mol. The molecule has 0 aromatic heterocycles. The summed E-state index contributed by atoms with van der Waals surface area (Å²) in [6, 6.07) is 0. The monoisotopic (exact) mass is 121 g/mol. The molecule has 26 valence electrons. The molecule has 0 unspecified atom stereocenters. The molecule has 0 aromatic carbocycles. The van der Waals surface area contributed by atoms with Crippen LogP contribution in [-0.4, -0.2) is 15.7 Å². The van der Waals surface area contributed by atoms with Crippen molar-refractivity contribution >= 4 is 15.7 Å². The van der Waals surface area contributed by atoms with E-state index >= 15 is 0 Å². The van der Waals surface area contributed by atoms with Crippen molar-refractivity contribution < 1.29 is 0 Å². The molecule has 0 amide bonds. The topological polar surface area (TPSA) is 26.0 Å². The Morgan fingerprint density at radius 2 is 2.25 bits per heavy atom. The Morgan fingerprint density at radius 1 is 2.00 bits per heavy atom. The first-order valence-corrected chi connectivity index (χ1v) is 5.43. The van der Waals surface area contributed by atoms with Crippen molar-refractivity contribution in [3.63, 3.8) is 0 Å². The van der Waals surface area contributed by atoms with Gasteiger partial charge in [-0.2, -0.15) is 0 Å². The average Bonchev–Trinajstić information content (AvgIpc) is 1.37. The van der Waals surface area contributed by atoms with Crippen molar-refractivity contribution in [2.45, 2.75) is 12.2 Å². The Morgan fingerprint density at radius 3 is 2.25 bits per heavy atom. The standard InChI is InChI=1S/C2H9GeN/c1-2-3-4/h2-4H2,1H3. The van der Waals surface area contributed by atoms with Crippen molar-refractivity contribution in [1.29, 1.82) is 0 Å². The second-order valence-electron chi connectivity index (χ2n) is 0.789. The quantitative estimate of drug-likeness (QED) is 0.462. The van der Waals surface area contributed by atoms with Gasteiger partial charge in [0.15, 0.2) is 0 Å². The molecule has 0 fully saturated rings. The van der Waals surface area contributed by atoms with E-state index in [9.17, 15) is 0 Å². The Kier molecular flexibility index (Phi) is 3.94. The van der Waals surface area contributed by atoms with Gasteiger partial charge in [-0.15, -0.1) is 0 Å². The molecule has 2 N–H and O–H groups in total. The Bertz CT molecular complexity index is 8.00. The molecule has 0 rings (SSSR count). The molecule has 0 bridgehead atoms. The summed E-state index contributed by atoms with van der Waals surface area (Å²) >= 11 is -0.389. The molecule has 0 aromatic rings. The molecule has 0 heterocycles. The van der Waals surface area contributed by atoms with E-state index in [4.69, 9.17) is 4.69 Å². The molecule has 1 nitrogen and oxygen atoms in total. The van der Waals surface area contributed by atoms with Gasteiger partial charge in [-0.3, -0.25) is 0 Å².